The molecule has 0 saturated carbocycles. The maximum Gasteiger partial charge on any atom is 0.220 e. The van der Waals surface area contributed by atoms with Crippen LogP contribution >= 0.6 is 24.8 Å². The summed E-state index contributed by atoms with van der Waals surface area (Å²) in [6, 6.07) is 10.8. The van der Waals surface area contributed by atoms with Gasteiger partial charge >= 0.3 is 0 Å². The van der Waals surface area contributed by atoms with Crippen molar-refractivity contribution >= 4 is 30.7 Å². The Kier molecular flexibility index (Phi) is 13.8. The Hall–Kier alpha value is -0.810. The van der Waals surface area contributed by atoms with Crippen molar-refractivity contribution in [1.82, 2.24) is 15.5 Å². The molecule has 2 N–H and O–H groups in total. The number of carbonyl (C=O) groups is 1. The monoisotopic (exact) mass is 417 g/mol. The normalized spacial score (nSPS) is 18.7. The second-order valence-electron chi connectivity index (χ2n) is 7.24. The van der Waals surface area contributed by atoms with Crippen LogP contribution in [0.25, 0.3) is 0 Å². The van der Waals surface area contributed by atoms with Crippen LogP contribution in [0.15, 0.2) is 30.3 Å². The fourth-order valence-electron chi connectivity index (χ4n) is 3.90. The van der Waals surface area contributed by atoms with Crippen molar-refractivity contribution < 1.29 is 4.79 Å². The minimum atomic E-state index is 0. The first-order chi connectivity index (χ1) is 12.2. The molecule has 3 unspecified atom stereocenters. The number of benzene rings is 1. The maximum atomic E-state index is 12.5. The third-order valence-electron chi connectivity index (χ3n) is 5.58. The van der Waals surface area contributed by atoms with Gasteiger partial charge in [0.25, 0.3) is 0 Å². The minimum Gasteiger partial charge on any atom is -0.354 e. The Balaban J connectivity index is 0.00000338. The molecule has 1 aromatic rings. The van der Waals surface area contributed by atoms with Gasteiger partial charge in [0.05, 0.1) is 6.04 Å². The highest BCUT2D eigenvalue weighted by Gasteiger charge is 2.23. The fraction of sp³-hybridized carbons (Fsp3) is 0.667. The molecule has 1 aliphatic heterocycles. The van der Waals surface area contributed by atoms with Crippen molar-refractivity contribution in [3.63, 3.8) is 0 Å². The van der Waals surface area contributed by atoms with Crippen molar-refractivity contribution in [2.24, 2.45) is 11.8 Å². The van der Waals surface area contributed by atoms with Crippen LogP contribution in [0.4, 0.5) is 0 Å². The largest absolute Gasteiger partial charge is 0.354 e. The number of hydrogen-bond acceptors (Lipinski definition) is 3. The van der Waals surface area contributed by atoms with Gasteiger partial charge in [0.2, 0.25) is 5.91 Å². The molecule has 0 aromatic heterocycles. The van der Waals surface area contributed by atoms with E-state index in [1.807, 2.05) is 6.07 Å². The number of rotatable bonds is 9. The number of likely N-dealkylation sites (N-methyl/N-ethyl adjacent to an activating group) is 1. The first-order valence-corrected chi connectivity index (χ1v) is 9.92. The lowest BCUT2D eigenvalue weighted by Crippen LogP contribution is -2.39. The predicted octanol–water partition coefficient (Wildman–Crippen LogP) is 4.06. The third kappa shape index (κ3) is 8.39. The first-order valence-electron chi connectivity index (χ1n) is 9.92. The molecular formula is C21H37Cl2N3O. The third-order valence-corrected chi connectivity index (χ3v) is 5.58. The van der Waals surface area contributed by atoms with E-state index in [2.05, 4.69) is 60.6 Å². The topological polar surface area (TPSA) is 44.4 Å². The van der Waals surface area contributed by atoms with Crippen molar-refractivity contribution in [2.45, 2.75) is 46.1 Å². The number of carbonyl (C=O) groups excluding carboxylic acids is 1. The lowest BCUT2D eigenvalue weighted by Gasteiger charge is -2.31. The van der Waals surface area contributed by atoms with Gasteiger partial charge in [-0.05, 0) is 56.4 Å². The van der Waals surface area contributed by atoms with Crippen molar-refractivity contribution in [3.8, 4) is 0 Å². The fourth-order valence-corrected chi connectivity index (χ4v) is 3.90. The molecule has 1 saturated heterocycles. The summed E-state index contributed by atoms with van der Waals surface area (Å²) in [5, 5.41) is 6.65. The van der Waals surface area contributed by atoms with Crippen LogP contribution in [0.5, 0.6) is 0 Å². The van der Waals surface area contributed by atoms with Gasteiger partial charge in [-0.1, -0.05) is 51.1 Å². The number of halogens is 2. The molecule has 1 fully saturated rings. The summed E-state index contributed by atoms with van der Waals surface area (Å²) < 4.78 is 0. The first kappa shape index (κ1) is 26.2. The standard InChI is InChI=1S/C21H35N3O.2ClH/c1-4-24(5-2)20(18-10-7-6-8-11-18)16-23-21(25)14-17(3)19-12-9-13-22-15-19;;/h6-8,10-11,17,19-20,22H,4-5,9,12-16H2,1-3H3,(H,23,25);2*1H. The van der Waals surface area contributed by atoms with Gasteiger partial charge in [0, 0.05) is 13.0 Å². The lowest BCUT2D eigenvalue weighted by atomic mass is 9.85. The number of piperidine rings is 1. The number of nitrogens with zero attached hydrogens (tertiary/aromatic N) is 1. The molecule has 1 aromatic carbocycles. The molecule has 0 spiro atoms. The lowest BCUT2D eigenvalue weighted by molar-refractivity contribution is -0.122. The Labute approximate surface area is 177 Å². The summed E-state index contributed by atoms with van der Waals surface area (Å²) in [5.74, 6) is 1.26. The predicted molar refractivity (Wildman–Crippen MR) is 119 cm³/mol. The Morgan fingerprint density at radius 1 is 1.22 bits per heavy atom. The molecule has 3 atom stereocenters. The molecule has 6 heteroatoms. The van der Waals surface area contributed by atoms with Crippen LogP contribution in [0.2, 0.25) is 0 Å². The van der Waals surface area contributed by atoms with Crippen LogP contribution in [0.3, 0.4) is 0 Å². The smallest absolute Gasteiger partial charge is 0.220 e. The van der Waals surface area contributed by atoms with Crippen molar-refractivity contribution in [3.05, 3.63) is 35.9 Å². The molecule has 4 nitrogen and oxygen atoms in total. The van der Waals surface area contributed by atoms with E-state index in [4.69, 9.17) is 0 Å². The summed E-state index contributed by atoms with van der Waals surface area (Å²) in [6.07, 6.45) is 3.11. The molecular weight excluding hydrogens is 381 g/mol. The van der Waals surface area contributed by atoms with Gasteiger partial charge in [0.1, 0.15) is 0 Å². The van der Waals surface area contributed by atoms with Crippen LogP contribution in [-0.4, -0.2) is 43.5 Å². The van der Waals surface area contributed by atoms with Gasteiger partial charge in [-0.2, -0.15) is 0 Å². The summed E-state index contributed by atoms with van der Waals surface area (Å²) >= 11 is 0. The highest BCUT2D eigenvalue weighted by Crippen LogP contribution is 2.23. The Morgan fingerprint density at radius 3 is 2.44 bits per heavy atom. The number of amides is 1. The zero-order valence-corrected chi connectivity index (χ0v) is 18.6. The molecule has 1 aliphatic rings. The quantitative estimate of drug-likeness (QED) is 0.636. The van der Waals surface area contributed by atoms with Gasteiger partial charge in [0.15, 0.2) is 0 Å². The summed E-state index contributed by atoms with van der Waals surface area (Å²) in [5.41, 5.74) is 1.27. The molecule has 156 valence electrons. The zero-order chi connectivity index (χ0) is 18.1. The molecule has 0 bridgehead atoms. The van der Waals surface area contributed by atoms with Crippen LogP contribution in [0, 0.1) is 11.8 Å². The minimum absolute atomic E-state index is 0. The second-order valence-corrected chi connectivity index (χ2v) is 7.24. The van der Waals surface area contributed by atoms with E-state index in [0.29, 0.717) is 24.8 Å². The van der Waals surface area contributed by atoms with Crippen LogP contribution < -0.4 is 10.6 Å². The summed E-state index contributed by atoms with van der Waals surface area (Å²) in [4.78, 5) is 14.9. The van der Waals surface area contributed by atoms with E-state index in [0.717, 1.165) is 26.2 Å². The van der Waals surface area contributed by atoms with Gasteiger partial charge in [-0.25, -0.2) is 0 Å². The van der Waals surface area contributed by atoms with Crippen molar-refractivity contribution in [1.29, 1.82) is 0 Å². The average molecular weight is 418 g/mol. The Bertz CT molecular complexity index is 505. The van der Waals surface area contributed by atoms with Crippen molar-refractivity contribution in [2.75, 3.05) is 32.7 Å². The van der Waals surface area contributed by atoms with E-state index in [-0.39, 0.29) is 36.8 Å². The van der Waals surface area contributed by atoms with E-state index in [1.165, 1.54) is 18.4 Å². The molecule has 0 radical (unpaired) electrons. The van der Waals surface area contributed by atoms with E-state index < -0.39 is 0 Å². The van der Waals surface area contributed by atoms with Crippen LogP contribution in [-0.2, 0) is 4.79 Å². The highest BCUT2D eigenvalue weighted by molar-refractivity contribution is 5.85. The summed E-state index contributed by atoms with van der Waals surface area (Å²) in [6.45, 7) is 11.4. The van der Waals surface area contributed by atoms with E-state index >= 15 is 0 Å². The van der Waals surface area contributed by atoms with Gasteiger partial charge in [-0.3, -0.25) is 9.69 Å². The maximum absolute atomic E-state index is 12.5. The van der Waals surface area contributed by atoms with Gasteiger partial charge < -0.3 is 10.6 Å². The average Bonchev–Trinajstić information content (AvgIpc) is 2.66. The number of nitrogens with one attached hydrogen (secondary N) is 2. The Morgan fingerprint density at radius 2 is 1.89 bits per heavy atom. The zero-order valence-electron chi connectivity index (χ0n) is 16.9. The molecule has 0 aliphatic carbocycles. The SMILES string of the molecule is CCN(CC)C(CNC(=O)CC(C)C1CCCNC1)c1ccccc1.Cl.Cl. The second kappa shape index (κ2) is 14.2. The highest BCUT2D eigenvalue weighted by atomic mass is 35.5. The summed E-state index contributed by atoms with van der Waals surface area (Å²) in [7, 11) is 0. The molecule has 2 rings (SSSR count). The molecule has 1 amide bonds. The van der Waals surface area contributed by atoms with E-state index in [1.54, 1.807) is 0 Å². The van der Waals surface area contributed by atoms with Crippen LogP contribution in [0.1, 0.15) is 51.6 Å². The number of hydrogen-bond donors (Lipinski definition) is 2. The molecule has 1 heterocycles. The molecule has 27 heavy (non-hydrogen) atoms. The van der Waals surface area contributed by atoms with Gasteiger partial charge in [-0.15, -0.1) is 24.8 Å². The van der Waals surface area contributed by atoms with E-state index in [9.17, 15) is 4.79 Å².